The number of anilines is 1. The summed E-state index contributed by atoms with van der Waals surface area (Å²) in [6, 6.07) is 12.4. The van der Waals surface area contributed by atoms with Gasteiger partial charge < -0.3 is 14.6 Å². The fraction of sp³-hybridized carbons (Fsp3) is 0.267. The van der Waals surface area contributed by atoms with E-state index in [1.54, 1.807) is 0 Å². The second-order valence-electron chi connectivity index (χ2n) is 4.76. The van der Waals surface area contributed by atoms with E-state index in [9.17, 15) is 14.9 Å². The average Bonchev–Trinajstić information content (AvgIpc) is 3.02. The fourth-order valence-electron chi connectivity index (χ4n) is 1.96. The van der Waals surface area contributed by atoms with Crippen LogP contribution in [-0.4, -0.2) is 31.0 Å². The minimum Gasteiger partial charge on any atom is -0.395 e. The zero-order valence-corrected chi connectivity index (χ0v) is 12.2. The van der Waals surface area contributed by atoms with Crippen LogP contribution < -0.4 is 10.2 Å². The summed E-state index contributed by atoms with van der Waals surface area (Å²) in [5.41, 5.74) is 1.11. The number of para-hydroxylation sites is 1. The monoisotopic (exact) mass is 303 g/mol. The molecule has 0 unspecified atom stereocenters. The molecule has 0 saturated carbocycles. The summed E-state index contributed by atoms with van der Waals surface area (Å²) < 4.78 is 4.83. The molecule has 1 aromatic carbocycles. The second kappa shape index (κ2) is 7.26. The van der Waals surface area contributed by atoms with Gasteiger partial charge in [0.2, 0.25) is 0 Å². The van der Waals surface area contributed by atoms with Crippen molar-refractivity contribution in [3.05, 3.63) is 58.3 Å². The Balaban J connectivity index is 1.74. The Kier molecular flexibility index (Phi) is 5.13. The third-order valence-electron chi connectivity index (χ3n) is 3.15. The molecule has 1 amide bonds. The first-order valence-corrected chi connectivity index (χ1v) is 6.86. The van der Waals surface area contributed by atoms with Gasteiger partial charge in [-0.05, 0) is 24.6 Å². The molecule has 0 fully saturated rings. The topological polar surface area (TPSA) is 88.6 Å². The first-order valence-electron chi connectivity index (χ1n) is 6.86. The maximum atomic E-state index is 11.8. The molecule has 0 saturated heterocycles. The Labute approximate surface area is 127 Å². The molecule has 116 valence electrons. The van der Waals surface area contributed by atoms with E-state index in [0.29, 0.717) is 6.54 Å². The van der Waals surface area contributed by atoms with Crippen LogP contribution in [0.4, 0.5) is 11.6 Å². The van der Waals surface area contributed by atoms with Gasteiger partial charge in [-0.25, -0.2) is 0 Å². The van der Waals surface area contributed by atoms with Crippen molar-refractivity contribution in [2.75, 3.05) is 25.0 Å². The van der Waals surface area contributed by atoms with Gasteiger partial charge in [0.15, 0.2) is 5.76 Å². The Morgan fingerprint density at radius 3 is 2.64 bits per heavy atom. The molecule has 2 aromatic rings. The van der Waals surface area contributed by atoms with Crippen molar-refractivity contribution in [3.63, 3.8) is 0 Å². The van der Waals surface area contributed by atoms with Gasteiger partial charge in [-0.15, -0.1) is 0 Å². The molecule has 22 heavy (non-hydrogen) atoms. The van der Waals surface area contributed by atoms with Crippen LogP contribution >= 0.6 is 0 Å². The van der Waals surface area contributed by atoms with Crippen molar-refractivity contribution in [3.8, 4) is 0 Å². The van der Waals surface area contributed by atoms with Crippen molar-refractivity contribution < 1.29 is 14.1 Å². The molecule has 0 bridgehead atoms. The number of nitrogens with zero attached hydrogens (tertiary/aromatic N) is 2. The maximum Gasteiger partial charge on any atom is 0.433 e. The quantitative estimate of drug-likeness (QED) is 0.482. The molecule has 1 heterocycles. The summed E-state index contributed by atoms with van der Waals surface area (Å²) in [6.45, 7) is 1.24. The van der Waals surface area contributed by atoms with Crippen molar-refractivity contribution in [1.82, 2.24) is 5.32 Å². The van der Waals surface area contributed by atoms with Crippen LogP contribution in [0.25, 0.3) is 0 Å². The van der Waals surface area contributed by atoms with Crippen LogP contribution in [0.2, 0.25) is 0 Å². The second-order valence-corrected chi connectivity index (χ2v) is 4.76. The van der Waals surface area contributed by atoms with Crippen LogP contribution in [0.3, 0.4) is 0 Å². The molecule has 7 heteroatoms. The van der Waals surface area contributed by atoms with E-state index < -0.39 is 16.7 Å². The minimum atomic E-state index is -0.675. The molecule has 0 spiro atoms. The van der Waals surface area contributed by atoms with Crippen LogP contribution in [-0.2, 0) is 0 Å². The Morgan fingerprint density at radius 2 is 2.00 bits per heavy atom. The third kappa shape index (κ3) is 4.08. The van der Waals surface area contributed by atoms with Crippen LogP contribution in [0.15, 0.2) is 46.9 Å². The lowest BCUT2D eigenvalue weighted by molar-refractivity contribution is -0.402. The predicted octanol–water partition coefficient (Wildman–Crippen LogP) is 2.44. The lowest BCUT2D eigenvalue weighted by Gasteiger charge is -2.19. The maximum absolute atomic E-state index is 11.8. The third-order valence-corrected chi connectivity index (χ3v) is 3.15. The summed E-state index contributed by atoms with van der Waals surface area (Å²) >= 11 is 0. The number of nitrogens with one attached hydrogen (secondary N) is 1. The minimum absolute atomic E-state index is 0.0527. The van der Waals surface area contributed by atoms with Crippen molar-refractivity contribution >= 4 is 17.5 Å². The highest BCUT2D eigenvalue weighted by Gasteiger charge is 2.16. The number of furan rings is 1. The van der Waals surface area contributed by atoms with Gasteiger partial charge in [-0.3, -0.25) is 14.9 Å². The lowest BCUT2D eigenvalue weighted by atomic mass is 10.3. The number of amides is 1. The van der Waals surface area contributed by atoms with E-state index >= 15 is 0 Å². The molecule has 1 aromatic heterocycles. The van der Waals surface area contributed by atoms with Crippen molar-refractivity contribution in [2.24, 2.45) is 0 Å². The molecule has 0 aliphatic carbocycles. The Morgan fingerprint density at radius 1 is 1.27 bits per heavy atom. The highest BCUT2D eigenvalue weighted by molar-refractivity contribution is 5.91. The van der Waals surface area contributed by atoms with Gasteiger partial charge in [0.25, 0.3) is 5.91 Å². The number of nitro groups is 1. The molecule has 0 aliphatic heterocycles. The van der Waals surface area contributed by atoms with Crippen molar-refractivity contribution in [2.45, 2.75) is 6.42 Å². The molecular weight excluding hydrogens is 286 g/mol. The predicted molar refractivity (Wildman–Crippen MR) is 82.0 cm³/mol. The average molecular weight is 303 g/mol. The van der Waals surface area contributed by atoms with Gasteiger partial charge in [0, 0.05) is 25.8 Å². The van der Waals surface area contributed by atoms with Crippen molar-refractivity contribution in [1.29, 1.82) is 0 Å². The van der Waals surface area contributed by atoms with Gasteiger partial charge in [-0.1, -0.05) is 18.2 Å². The normalized spacial score (nSPS) is 10.2. The van der Waals surface area contributed by atoms with E-state index in [0.717, 1.165) is 24.7 Å². The van der Waals surface area contributed by atoms with E-state index in [1.165, 1.54) is 6.07 Å². The summed E-state index contributed by atoms with van der Waals surface area (Å²) in [7, 11) is 1.98. The van der Waals surface area contributed by atoms with Crippen LogP contribution in [0.5, 0.6) is 0 Å². The number of carbonyl (C=O) groups excluding carboxylic acids is 1. The van der Waals surface area contributed by atoms with Crippen LogP contribution in [0, 0.1) is 10.1 Å². The first kappa shape index (κ1) is 15.6. The number of hydrogen-bond donors (Lipinski definition) is 1. The fourth-order valence-corrected chi connectivity index (χ4v) is 1.96. The number of carbonyl (C=O) groups is 1. The standard InChI is InChI=1S/C15H17N3O4/c1-17(12-6-3-2-4-7-12)11-5-10-16-15(19)13-8-9-14(22-13)18(20)21/h2-4,6-9H,5,10-11H2,1H3,(H,16,19). The van der Waals surface area contributed by atoms with E-state index in [1.807, 2.05) is 37.4 Å². The van der Waals surface area contributed by atoms with E-state index in [2.05, 4.69) is 10.2 Å². The number of hydrogen-bond acceptors (Lipinski definition) is 5. The van der Waals surface area contributed by atoms with Gasteiger partial charge in [0.05, 0.1) is 6.07 Å². The highest BCUT2D eigenvalue weighted by Crippen LogP contribution is 2.15. The molecule has 0 atom stereocenters. The molecular formula is C15H17N3O4. The zero-order chi connectivity index (χ0) is 15.9. The van der Waals surface area contributed by atoms with Gasteiger partial charge in [-0.2, -0.15) is 0 Å². The first-order chi connectivity index (χ1) is 10.6. The van der Waals surface area contributed by atoms with Gasteiger partial charge >= 0.3 is 5.88 Å². The molecule has 7 nitrogen and oxygen atoms in total. The SMILES string of the molecule is CN(CCCNC(=O)c1ccc([N+](=O)[O-])o1)c1ccccc1. The number of rotatable bonds is 7. The molecule has 2 rings (SSSR count). The summed E-state index contributed by atoms with van der Waals surface area (Å²) in [4.78, 5) is 23.6. The van der Waals surface area contributed by atoms with Crippen LogP contribution in [0.1, 0.15) is 17.0 Å². The Hall–Kier alpha value is -2.83. The highest BCUT2D eigenvalue weighted by atomic mass is 16.6. The lowest BCUT2D eigenvalue weighted by Crippen LogP contribution is -2.27. The largest absolute Gasteiger partial charge is 0.433 e. The number of benzene rings is 1. The molecule has 1 N–H and O–H groups in total. The van der Waals surface area contributed by atoms with Gasteiger partial charge in [0.1, 0.15) is 4.92 Å². The Bertz CT molecular complexity index is 639. The zero-order valence-electron chi connectivity index (χ0n) is 12.2. The van der Waals surface area contributed by atoms with E-state index in [4.69, 9.17) is 4.42 Å². The van der Waals surface area contributed by atoms with E-state index in [-0.39, 0.29) is 5.76 Å². The smallest absolute Gasteiger partial charge is 0.395 e. The summed E-state index contributed by atoms with van der Waals surface area (Å²) in [5, 5.41) is 13.2. The molecule has 0 aliphatic rings. The molecule has 0 radical (unpaired) electrons. The summed E-state index contributed by atoms with van der Waals surface area (Å²) in [6.07, 6.45) is 0.750. The summed E-state index contributed by atoms with van der Waals surface area (Å²) in [5.74, 6) is -0.937.